The van der Waals surface area contributed by atoms with Gasteiger partial charge in [0, 0.05) is 26.1 Å². The molecular weight excluding hydrogens is 338 g/mol. The number of carbonyl (C=O) groups is 2. The Balaban J connectivity index is 2.08. The molecule has 2 rings (SSSR count). The smallest absolute Gasteiger partial charge is 0.339 e. The molecule has 1 N–H and O–H groups in total. The fourth-order valence-electron chi connectivity index (χ4n) is 2.47. The first-order chi connectivity index (χ1) is 11.2. The molecule has 0 aromatic heterocycles. The van der Waals surface area contributed by atoms with Crippen molar-refractivity contribution in [3.05, 3.63) is 23.8 Å². The quantitative estimate of drug-likeness (QED) is 0.621. The van der Waals surface area contributed by atoms with E-state index in [0.717, 1.165) is 0 Å². The van der Waals surface area contributed by atoms with Gasteiger partial charge in [0.15, 0.2) is 0 Å². The van der Waals surface area contributed by atoms with Crippen molar-refractivity contribution >= 4 is 22.0 Å². The first-order valence-electron chi connectivity index (χ1n) is 7.34. The number of nitrogens with zero attached hydrogens (tertiary/aromatic N) is 1. The van der Waals surface area contributed by atoms with Gasteiger partial charge in [-0.2, -0.15) is 0 Å². The highest BCUT2D eigenvalue weighted by atomic mass is 32.2. The Morgan fingerprint density at radius 1 is 1.25 bits per heavy atom. The van der Waals surface area contributed by atoms with E-state index in [1.807, 2.05) is 0 Å². The van der Waals surface area contributed by atoms with E-state index in [1.54, 1.807) is 0 Å². The third-order valence-corrected chi connectivity index (χ3v) is 4.91. The van der Waals surface area contributed by atoms with Crippen LogP contribution in [0.15, 0.2) is 18.2 Å². The molecule has 0 radical (unpaired) electrons. The summed E-state index contributed by atoms with van der Waals surface area (Å²) in [5, 5.41) is 9.10. The second kappa shape index (κ2) is 7.18. The number of hydrogen-bond donors (Lipinski definition) is 1. The number of benzene rings is 1. The van der Waals surface area contributed by atoms with Crippen molar-refractivity contribution in [3.63, 3.8) is 0 Å². The average molecular weight is 357 g/mol. The molecule has 8 nitrogen and oxygen atoms in total. The van der Waals surface area contributed by atoms with E-state index in [9.17, 15) is 18.0 Å². The van der Waals surface area contributed by atoms with Gasteiger partial charge in [-0.25, -0.2) is 17.5 Å². The zero-order chi connectivity index (χ0) is 17.9. The highest BCUT2D eigenvalue weighted by Gasteiger charge is 2.26. The molecule has 1 aliphatic heterocycles. The van der Waals surface area contributed by atoms with Crippen LogP contribution in [0.4, 0.5) is 0 Å². The normalized spacial score (nSPS) is 16.6. The summed E-state index contributed by atoms with van der Waals surface area (Å²) in [4.78, 5) is 22.2. The second-order valence-electron chi connectivity index (χ2n) is 5.54. The molecule has 0 aliphatic carbocycles. The van der Waals surface area contributed by atoms with Gasteiger partial charge in [-0.3, -0.25) is 4.79 Å². The summed E-state index contributed by atoms with van der Waals surface area (Å²) >= 11 is 0. The van der Waals surface area contributed by atoms with Crippen LogP contribution in [0, 0.1) is 0 Å². The van der Waals surface area contributed by atoms with Crippen LogP contribution in [-0.4, -0.2) is 55.2 Å². The van der Waals surface area contributed by atoms with E-state index in [4.69, 9.17) is 14.6 Å². The first-order valence-corrected chi connectivity index (χ1v) is 9.19. The molecule has 24 heavy (non-hydrogen) atoms. The Hall–Kier alpha value is -2.13. The number of ether oxygens (including phenoxy) is 2. The van der Waals surface area contributed by atoms with E-state index in [2.05, 4.69) is 0 Å². The first kappa shape index (κ1) is 18.2. The van der Waals surface area contributed by atoms with Crippen molar-refractivity contribution in [2.75, 3.05) is 19.3 Å². The lowest BCUT2D eigenvalue weighted by molar-refractivity contribution is -0.131. The number of rotatable bonds is 5. The van der Waals surface area contributed by atoms with Crippen molar-refractivity contribution in [1.82, 2.24) is 4.31 Å². The van der Waals surface area contributed by atoms with Gasteiger partial charge < -0.3 is 14.6 Å². The van der Waals surface area contributed by atoms with E-state index in [0.29, 0.717) is 31.7 Å². The number of carbonyl (C=O) groups excluding carboxylic acids is 1. The number of carboxylic acid groups (broad SMARTS) is 1. The van der Waals surface area contributed by atoms with Crippen LogP contribution in [0.2, 0.25) is 0 Å². The lowest BCUT2D eigenvalue weighted by Gasteiger charge is -2.30. The van der Waals surface area contributed by atoms with E-state index < -0.39 is 22.0 Å². The Morgan fingerprint density at radius 3 is 2.38 bits per heavy atom. The lowest BCUT2D eigenvalue weighted by atomic mass is 10.1. The van der Waals surface area contributed by atoms with Gasteiger partial charge in [0.25, 0.3) is 0 Å². The molecule has 1 heterocycles. The van der Waals surface area contributed by atoms with E-state index in [1.165, 1.54) is 35.7 Å². The second-order valence-corrected chi connectivity index (χ2v) is 7.52. The number of esters is 1. The van der Waals surface area contributed by atoms with Crippen LogP contribution >= 0.6 is 0 Å². The van der Waals surface area contributed by atoms with Gasteiger partial charge in [0.05, 0.1) is 6.26 Å². The molecule has 1 aromatic rings. The zero-order valence-corrected chi connectivity index (χ0v) is 14.2. The maximum absolute atomic E-state index is 11.5. The van der Waals surface area contributed by atoms with Gasteiger partial charge in [0.1, 0.15) is 23.2 Å². The van der Waals surface area contributed by atoms with Gasteiger partial charge in [-0.05, 0) is 25.0 Å². The van der Waals surface area contributed by atoms with Gasteiger partial charge >= 0.3 is 11.9 Å². The largest absolute Gasteiger partial charge is 0.490 e. The summed E-state index contributed by atoms with van der Waals surface area (Å²) in [6.07, 6.45) is 2.03. The molecule has 0 unspecified atom stereocenters. The topological polar surface area (TPSA) is 110 Å². The highest BCUT2D eigenvalue weighted by Crippen LogP contribution is 2.27. The van der Waals surface area contributed by atoms with Crippen LogP contribution in [-0.2, 0) is 14.8 Å². The number of hydrogen-bond acceptors (Lipinski definition) is 6. The molecule has 1 fully saturated rings. The monoisotopic (exact) mass is 357 g/mol. The molecule has 1 saturated heterocycles. The Morgan fingerprint density at radius 2 is 1.88 bits per heavy atom. The zero-order valence-electron chi connectivity index (χ0n) is 13.4. The molecule has 1 aliphatic rings. The Kier molecular flexibility index (Phi) is 5.45. The summed E-state index contributed by atoms with van der Waals surface area (Å²) in [7, 11) is -3.20. The molecular formula is C15H19NO7S. The van der Waals surface area contributed by atoms with Crippen LogP contribution in [0.1, 0.15) is 30.1 Å². The molecule has 0 atom stereocenters. The minimum atomic E-state index is -3.20. The third-order valence-electron chi connectivity index (χ3n) is 3.61. The highest BCUT2D eigenvalue weighted by molar-refractivity contribution is 7.88. The van der Waals surface area contributed by atoms with Crippen molar-refractivity contribution < 1.29 is 32.6 Å². The lowest BCUT2D eigenvalue weighted by Crippen LogP contribution is -2.41. The number of aromatic carboxylic acids is 1. The minimum Gasteiger partial charge on any atom is -0.490 e. The van der Waals surface area contributed by atoms with Crippen LogP contribution in [0.5, 0.6) is 11.5 Å². The van der Waals surface area contributed by atoms with Gasteiger partial charge in [0.2, 0.25) is 10.0 Å². The van der Waals surface area contributed by atoms with Gasteiger partial charge in [-0.1, -0.05) is 0 Å². The summed E-state index contributed by atoms with van der Waals surface area (Å²) in [5.74, 6) is -1.55. The molecule has 0 bridgehead atoms. The summed E-state index contributed by atoms with van der Waals surface area (Å²) < 4.78 is 35.0. The standard InChI is InChI=1S/C15H19NO7S/c1-10(17)22-14-9-12(3-4-13(14)15(18)19)23-11-5-7-16(8-6-11)24(2,20)21/h3-4,9,11H,5-8H2,1-2H3,(H,18,19). The SMILES string of the molecule is CC(=O)Oc1cc(OC2CCN(S(C)(=O)=O)CC2)ccc1C(=O)O. The van der Waals surface area contributed by atoms with Crippen molar-refractivity contribution in [3.8, 4) is 11.5 Å². The molecule has 132 valence electrons. The summed E-state index contributed by atoms with van der Waals surface area (Å²) in [5.41, 5.74) is -0.135. The number of piperidine rings is 1. The Labute approximate surface area is 140 Å². The number of carboxylic acids is 1. The van der Waals surface area contributed by atoms with Crippen LogP contribution in [0.3, 0.4) is 0 Å². The Bertz CT molecular complexity index is 736. The average Bonchev–Trinajstić information content (AvgIpc) is 2.46. The van der Waals surface area contributed by atoms with Crippen LogP contribution in [0.25, 0.3) is 0 Å². The van der Waals surface area contributed by atoms with E-state index >= 15 is 0 Å². The summed E-state index contributed by atoms with van der Waals surface area (Å²) in [6.45, 7) is 1.92. The van der Waals surface area contributed by atoms with Crippen molar-refractivity contribution in [2.24, 2.45) is 0 Å². The maximum atomic E-state index is 11.5. The predicted octanol–water partition coefficient (Wildman–Crippen LogP) is 1.11. The predicted molar refractivity (Wildman–Crippen MR) is 84.8 cm³/mol. The van der Waals surface area contributed by atoms with E-state index in [-0.39, 0.29) is 17.4 Å². The minimum absolute atomic E-state index is 0.0823. The third kappa shape index (κ3) is 4.68. The van der Waals surface area contributed by atoms with Gasteiger partial charge in [-0.15, -0.1) is 0 Å². The van der Waals surface area contributed by atoms with Crippen molar-refractivity contribution in [2.45, 2.75) is 25.9 Å². The molecule has 0 spiro atoms. The van der Waals surface area contributed by atoms with Crippen LogP contribution < -0.4 is 9.47 Å². The molecule has 1 aromatic carbocycles. The molecule has 0 saturated carbocycles. The maximum Gasteiger partial charge on any atom is 0.339 e. The fourth-order valence-corrected chi connectivity index (χ4v) is 3.34. The summed E-state index contributed by atoms with van der Waals surface area (Å²) in [6, 6.07) is 4.15. The number of sulfonamides is 1. The fraction of sp³-hybridized carbons (Fsp3) is 0.467. The molecule has 0 amide bonds. The molecule has 9 heteroatoms. The van der Waals surface area contributed by atoms with Crippen molar-refractivity contribution in [1.29, 1.82) is 0 Å².